The molecule has 1 aliphatic rings. The summed E-state index contributed by atoms with van der Waals surface area (Å²) in [7, 11) is 0. The zero-order valence-corrected chi connectivity index (χ0v) is 15.1. The molecule has 2 amide bonds. The summed E-state index contributed by atoms with van der Waals surface area (Å²) >= 11 is 0. The molecular weight excluding hydrogens is 346 g/mol. The third kappa shape index (κ3) is 5.30. The molecule has 0 bridgehead atoms. The number of nitrogens with zero attached hydrogens (tertiary/aromatic N) is 2. The highest BCUT2D eigenvalue weighted by Crippen LogP contribution is 2.15. The summed E-state index contributed by atoms with van der Waals surface area (Å²) in [6.07, 6.45) is 4.63. The first-order valence-corrected chi connectivity index (χ1v) is 9.25. The highest BCUT2D eigenvalue weighted by Gasteiger charge is 2.17. The molecule has 3 rings (SSSR count). The molecule has 2 heterocycles. The molecule has 8 nitrogen and oxygen atoms in total. The fraction of sp³-hybridized carbons (Fsp3) is 0.421. The number of phenolic OH excluding ortho intramolecular Hbond substituents is 1. The van der Waals surface area contributed by atoms with Crippen LogP contribution in [0.2, 0.25) is 0 Å². The number of hydrogen-bond donors (Lipinski definition) is 4. The summed E-state index contributed by atoms with van der Waals surface area (Å²) in [4.78, 5) is 24.1. The van der Waals surface area contributed by atoms with E-state index in [0.29, 0.717) is 36.8 Å². The van der Waals surface area contributed by atoms with Crippen molar-refractivity contribution in [1.82, 2.24) is 25.7 Å². The van der Waals surface area contributed by atoms with Gasteiger partial charge in [-0.1, -0.05) is 6.07 Å². The first kappa shape index (κ1) is 18.9. The second kappa shape index (κ2) is 9.18. The summed E-state index contributed by atoms with van der Waals surface area (Å²) in [5, 5.41) is 22.7. The normalized spacial score (nSPS) is 16.7. The standard InChI is InChI=1S/C19H25N5O3/c25-16-6-1-4-14(12-16)18(26)21-9-3-10-22-19(27)17-7-11-24(23-17)15-5-2-8-20-13-15/h1,4,6-7,11-12,15,20,25H,2-3,5,8-10,13H2,(H,21,26)(H,22,27). The van der Waals surface area contributed by atoms with Crippen LogP contribution in [0.4, 0.5) is 0 Å². The number of amides is 2. The third-order valence-corrected chi connectivity index (χ3v) is 4.52. The summed E-state index contributed by atoms with van der Waals surface area (Å²) in [5.41, 5.74) is 0.811. The highest BCUT2D eigenvalue weighted by molar-refractivity contribution is 5.94. The molecule has 1 atom stereocenters. The summed E-state index contributed by atoms with van der Waals surface area (Å²) in [6.45, 7) is 2.78. The number of hydrogen-bond acceptors (Lipinski definition) is 5. The molecule has 1 fully saturated rings. The molecule has 0 saturated carbocycles. The summed E-state index contributed by atoms with van der Waals surface area (Å²) in [5.74, 6) is -0.410. The van der Waals surface area contributed by atoms with Gasteiger partial charge in [-0.15, -0.1) is 0 Å². The molecular formula is C19H25N5O3. The van der Waals surface area contributed by atoms with E-state index in [2.05, 4.69) is 21.0 Å². The van der Waals surface area contributed by atoms with Crippen LogP contribution in [0.1, 0.15) is 46.2 Å². The van der Waals surface area contributed by atoms with E-state index in [0.717, 1.165) is 25.9 Å². The topological polar surface area (TPSA) is 108 Å². The molecule has 1 aromatic carbocycles. The van der Waals surface area contributed by atoms with E-state index in [1.165, 1.54) is 12.1 Å². The van der Waals surface area contributed by atoms with E-state index in [4.69, 9.17) is 0 Å². The predicted octanol–water partition coefficient (Wildman–Crippen LogP) is 1.06. The van der Waals surface area contributed by atoms with Crippen molar-refractivity contribution < 1.29 is 14.7 Å². The van der Waals surface area contributed by atoms with Gasteiger partial charge in [0.2, 0.25) is 0 Å². The van der Waals surface area contributed by atoms with Crippen molar-refractivity contribution in [3.8, 4) is 5.75 Å². The molecule has 0 radical (unpaired) electrons. The molecule has 4 N–H and O–H groups in total. The molecule has 0 spiro atoms. The molecule has 1 aliphatic heterocycles. The van der Waals surface area contributed by atoms with Gasteiger partial charge in [-0.25, -0.2) is 0 Å². The van der Waals surface area contributed by atoms with Gasteiger partial charge in [0.15, 0.2) is 0 Å². The van der Waals surface area contributed by atoms with Crippen molar-refractivity contribution in [3.05, 3.63) is 47.8 Å². The Labute approximate surface area is 158 Å². The van der Waals surface area contributed by atoms with E-state index in [1.807, 2.05) is 10.9 Å². The minimum atomic E-state index is -0.253. The number of nitrogens with one attached hydrogen (secondary N) is 3. The van der Waals surface area contributed by atoms with Crippen LogP contribution in [-0.2, 0) is 0 Å². The first-order valence-electron chi connectivity index (χ1n) is 9.25. The zero-order chi connectivity index (χ0) is 19.1. The Bertz CT molecular complexity index is 783. The van der Waals surface area contributed by atoms with Gasteiger partial charge in [0.1, 0.15) is 11.4 Å². The van der Waals surface area contributed by atoms with Crippen molar-refractivity contribution in [3.63, 3.8) is 0 Å². The van der Waals surface area contributed by atoms with Gasteiger partial charge in [-0.05, 0) is 50.1 Å². The van der Waals surface area contributed by atoms with E-state index < -0.39 is 0 Å². The van der Waals surface area contributed by atoms with E-state index in [-0.39, 0.29) is 17.6 Å². The SMILES string of the molecule is O=C(NCCCNC(=O)c1ccn(C2CCCNC2)n1)c1cccc(O)c1. The average Bonchev–Trinajstić information content (AvgIpc) is 3.18. The molecule has 0 aliphatic carbocycles. The van der Waals surface area contributed by atoms with Crippen molar-refractivity contribution in [2.75, 3.05) is 26.2 Å². The Kier molecular flexibility index (Phi) is 6.43. The number of rotatable bonds is 7. The highest BCUT2D eigenvalue weighted by atomic mass is 16.3. The fourth-order valence-electron chi connectivity index (χ4n) is 3.05. The van der Waals surface area contributed by atoms with Crippen LogP contribution < -0.4 is 16.0 Å². The van der Waals surface area contributed by atoms with Crippen molar-refractivity contribution in [2.45, 2.75) is 25.3 Å². The number of piperidine rings is 1. The summed E-state index contributed by atoms with van der Waals surface area (Å²) < 4.78 is 1.86. The molecule has 27 heavy (non-hydrogen) atoms. The molecule has 1 unspecified atom stereocenters. The Balaban J connectivity index is 1.37. The number of phenols is 1. The lowest BCUT2D eigenvalue weighted by molar-refractivity contribution is 0.0946. The Morgan fingerprint density at radius 3 is 2.78 bits per heavy atom. The molecule has 2 aromatic rings. The van der Waals surface area contributed by atoms with Gasteiger partial charge in [0.25, 0.3) is 11.8 Å². The molecule has 1 aromatic heterocycles. The second-order valence-corrected chi connectivity index (χ2v) is 6.60. The quantitative estimate of drug-likeness (QED) is 0.545. The van der Waals surface area contributed by atoms with Crippen LogP contribution in [0.3, 0.4) is 0 Å². The lowest BCUT2D eigenvalue weighted by atomic mass is 10.1. The lowest BCUT2D eigenvalue weighted by Crippen LogP contribution is -2.32. The third-order valence-electron chi connectivity index (χ3n) is 4.52. The van der Waals surface area contributed by atoms with Gasteiger partial charge < -0.3 is 21.1 Å². The van der Waals surface area contributed by atoms with Gasteiger partial charge in [-0.3, -0.25) is 14.3 Å². The van der Waals surface area contributed by atoms with Gasteiger partial charge in [0.05, 0.1) is 6.04 Å². The van der Waals surface area contributed by atoms with Crippen LogP contribution in [0.15, 0.2) is 36.5 Å². The van der Waals surface area contributed by atoms with Crippen LogP contribution >= 0.6 is 0 Å². The van der Waals surface area contributed by atoms with Crippen molar-refractivity contribution in [1.29, 1.82) is 0 Å². The minimum absolute atomic E-state index is 0.0540. The van der Waals surface area contributed by atoms with Crippen LogP contribution in [0.25, 0.3) is 0 Å². The Hall–Kier alpha value is -2.87. The van der Waals surface area contributed by atoms with Gasteiger partial charge >= 0.3 is 0 Å². The van der Waals surface area contributed by atoms with Crippen LogP contribution in [-0.4, -0.2) is 52.9 Å². The van der Waals surface area contributed by atoms with E-state index in [9.17, 15) is 14.7 Å². The lowest BCUT2D eigenvalue weighted by Gasteiger charge is -2.22. The van der Waals surface area contributed by atoms with Crippen molar-refractivity contribution in [2.24, 2.45) is 0 Å². The second-order valence-electron chi connectivity index (χ2n) is 6.60. The molecule has 144 valence electrons. The van der Waals surface area contributed by atoms with E-state index >= 15 is 0 Å². The molecule has 8 heteroatoms. The maximum absolute atomic E-state index is 12.2. The van der Waals surface area contributed by atoms with Gasteiger partial charge in [-0.2, -0.15) is 5.10 Å². The fourth-order valence-corrected chi connectivity index (χ4v) is 3.05. The van der Waals surface area contributed by atoms with Crippen LogP contribution in [0, 0.1) is 0 Å². The number of aromatic hydroxyl groups is 1. The maximum Gasteiger partial charge on any atom is 0.271 e. The first-order chi connectivity index (χ1) is 13.1. The monoisotopic (exact) mass is 371 g/mol. The number of aromatic nitrogens is 2. The summed E-state index contributed by atoms with van der Waals surface area (Å²) in [6, 6.07) is 8.21. The van der Waals surface area contributed by atoms with E-state index in [1.54, 1.807) is 18.2 Å². The van der Waals surface area contributed by atoms with Crippen molar-refractivity contribution >= 4 is 11.8 Å². The average molecular weight is 371 g/mol. The number of carbonyl (C=O) groups is 2. The number of benzene rings is 1. The van der Waals surface area contributed by atoms with Gasteiger partial charge in [0, 0.05) is 31.4 Å². The predicted molar refractivity (Wildman–Crippen MR) is 101 cm³/mol. The Morgan fingerprint density at radius 2 is 2.04 bits per heavy atom. The maximum atomic E-state index is 12.2. The smallest absolute Gasteiger partial charge is 0.271 e. The largest absolute Gasteiger partial charge is 0.508 e. The molecule has 1 saturated heterocycles. The Morgan fingerprint density at radius 1 is 1.22 bits per heavy atom. The van der Waals surface area contributed by atoms with Crippen LogP contribution in [0.5, 0.6) is 5.75 Å². The number of carbonyl (C=O) groups excluding carboxylic acids is 2. The zero-order valence-electron chi connectivity index (χ0n) is 15.1. The minimum Gasteiger partial charge on any atom is -0.508 e.